The molecular formula is C31H47FN2O2SSn. The molecule has 1 aromatic carbocycles. The maximum absolute atomic E-state index is 15.9. The van der Waals surface area contributed by atoms with Crippen molar-refractivity contribution in [3.05, 3.63) is 36.4 Å². The quantitative estimate of drug-likeness (QED) is 0.129. The summed E-state index contributed by atoms with van der Waals surface area (Å²) in [5.74, 6) is 1.05. The Morgan fingerprint density at radius 3 is 2.03 bits per heavy atom. The normalized spacial score (nSPS) is 12.3. The van der Waals surface area contributed by atoms with Gasteiger partial charge in [0.2, 0.25) is 0 Å². The Labute approximate surface area is 238 Å². The number of imidazole rings is 1. The average Bonchev–Trinajstić information content (AvgIpc) is 3.29. The second-order valence-electron chi connectivity index (χ2n) is 11.4. The molecule has 0 N–H and O–H groups in total. The second-order valence-corrected chi connectivity index (χ2v) is 26.4. The van der Waals surface area contributed by atoms with Crippen LogP contribution in [-0.4, -0.2) is 46.7 Å². The molecule has 0 amide bonds. The topological polar surface area (TPSA) is 35.8 Å². The van der Waals surface area contributed by atoms with E-state index in [9.17, 15) is 0 Å². The van der Waals surface area contributed by atoms with Crippen LogP contribution in [-0.2, 0) is 0 Å². The van der Waals surface area contributed by atoms with Crippen molar-refractivity contribution in [1.82, 2.24) is 9.38 Å². The fourth-order valence-electron chi connectivity index (χ4n) is 5.43. The summed E-state index contributed by atoms with van der Waals surface area (Å²) in [5, 5.41) is 0. The van der Waals surface area contributed by atoms with E-state index in [0.29, 0.717) is 5.75 Å². The number of thioether (sulfide) groups is 1. The first-order chi connectivity index (χ1) is 18.1. The Kier molecular flexibility index (Phi) is 11.3. The van der Waals surface area contributed by atoms with Gasteiger partial charge in [0, 0.05) is 0 Å². The Morgan fingerprint density at radius 2 is 1.53 bits per heavy atom. The zero-order valence-electron chi connectivity index (χ0n) is 24.7. The average molecular weight is 650 g/mol. The molecule has 7 heteroatoms. The van der Waals surface area contributed by atoms with Crippen LogP contribution in [0.5, 0.6) is 11.5 Å². The summed E-state index contributed by atoms with van der Waals surface area (Å²) in [6.07, 6.45) is 11.1. The van der Waals surface area contributed by atoms with Gasteiger partial charge in [0.25, 0.3) is 0 Å². The van der Waals surface area contributed by atoms with E-state index < -0.39 is 18.4 Å². The number of rotatable bonds is 14. The molecule has 0 aliphatic heterocycles. The van der Waals surface area contributed by atoms with Crippen LogP contribution in [0.2, 0.25) is 13.3 Å². The predicted molar refractivity (Wildman–Crippen MR) is 164 cm³/mol. The Hall–Kier alpha value is -1.41. The molecule has 0 saturated heterocycles. The number of halogens is 1. The van der Waals surface area contributed by atoms with Gasteiger partial charge in [-0.15, -0.1) is 0 Å². The summed E-state index contributed by atoms with van der Waals surface area (Å²) in [6, 6.07) is 5.90. The van der Waals surface area contributed by atoms with Crippen molar-refractivity contribution in [2.24, 2.45) is 0 Å². The number of nitrogens with zero attached hydrogens (tertiary/aromatic N) is 2. The van der Waals surface area contributed by atoms with Gasteiger partial charge < -0.3 is 0 Å². The molecule has 3 rings (SSSR count). The van der Waals surface area contributed by atoms with Crippen molar-refractivity contribution in [2.75, 3.05) is 14.2 Å². The molecule has 0 aliphatic carbocycles. The first kappa shape index (κ1) is 31.1. The van der Waals surface area contributed by atoms with Crippen LogP contribution in [0.3, 0.4) is 0 Å². The van der Waals surface area contributed by atoms with Crippen LogP contribution in [0, 0.1) is 5.82 Å². The molecule has 3 aromatic rings. The number of fused-ring (bicyclic) bond motifs is 1. The summed E-state index contributed by atoms with van der Waals surface area (Å²) >= 11 is -1.24. The van der Waals surface area contributed by atoms with E-state index in [1.807, 2.05) is 12.3 Å². The van der Waals surface area contributed by atoms with E-state index in [-0.39, 0.29) is 10.6 Å². The van der Waals surface area contributed by atoms with E-state index in [0.717, 1.165) is 27.5 Å². The molecule has 0 aliphatic rings. The zero-order valence-corrected chi connectivity index (χ0v) is 28.4. The standard InChI is InChI=1S/C19H20FN2O2S.3C4H9.Sn/c1-19(2,3)25-17-11-22-14(10-21-18(22)9-16(17)24-5)12-6-7-15(23-4)13(20)8-12;3*1-3-4-2;/h6,8-11H,1-5H3;3*1,3-4H2,2H3;. The van der Waals surface area contributed by atoms with Crippen LogP contribution in [0.25, 0.3) is 16.9 Å². The van der Waals surface area contributed by atoms with Gasteiger partial charge in [0.1, 0.15) is 0 Å². The van der Waals surface area contributed by atoms with Crippen molar-refractivity contribution < 1.29 is 13.9 Å². The summed E-state index contributed by atoms with van der Waals surface area (Å²) in [5.41, 5.74) is 2.58. The second kappa shape index (κ2) is 13.8. The van der Waals surface area contributed by atoms with Crippen molar-refractivity contribution >= 4 is 39.4 Å². The van der Waals surface area contributed by atoms with Gasteiger partial charge in [-0.1, -0.05) is 0 Å². The van der Waals surface area contributed by atoms with Crippen LogP contribution >= 0.6 is 11.8 Å². The number of methoxy groups -OCH3 is 2. The van der Waals surface area contributed by atoms with Crippen LogP contribution in [0.1, 0.15) is 80.1 Å². The molecule has 4 nitrogen and oxygen atoms in total. The molecule has 0 saturated carbocycles. The maximum atomic E-state index is 15.9. The van der Waals surface area contributed by atoms with Gasteiger partial charge in [-0.2, -0.15) is 0 Å². The van der Waals surface area contributed by atoms with E-state index in [2.05, 4.69) is 58.2 Å². The number of pyridine rings is 1. The molecule has 0 unspecified atom stereocenters. The minimum atomic E-state index is -3.00. The SMILES string of the molecule is CCC[CH2][Sn]([CH2]CCC)([CH2]CCC)[c]1cc(-c2cnc3cc(OC)c(SC(C)(C)C)cn23)cc(F)c1OC. The van der Waals surface area contributed by atoms with E-state index >= 15 is 4.39 Å². The zero-order chi connectivity index (χ0) is 27.9. The number of benzene rings is 1. The molecule has 0 radical (unpaired) electrons. The van der Waals surface area contributed by atoms with Crippen LogP contribution in [0.15, 0.2) is 35.5 Å². The molecule has 2 heterocycles. The third-order valence-corrected chi connectivity index (χ3v) is 24.0. The van der Waals surface area contributed by atoms with Crippen LogP contribution in [0.4, 0.5) is 4.39 Å². The molecule has 0 bridgehead atoms. The van der Waals surface area contributed by atoms with Gasteiger partial charge >= 0.3 is 239 Å². The molecule has 0 atom stereocenters. The molecule has 210 valence electrons. The Bertz CT molecular complexity index is 1180. The van der Waals surface area contributed by atoms with E-state index in [4.69, 9.17) is 14.5 Å². The summed E-state index contributed by atoms with van der Waals surface area (Å²) in [6.45, 7) is 13.4. The van der Waals surface area contributed by atoms with Gasteiger partial charge in [-0.3, -0.25) is 0 Å². The van der Waals surface area contributed by atoms with Crippen molar-refractivity contribution in [2.45, 2.75) is 103 Å². The van der Waals surface area contributed by atoms with Gasteiger partial charge in [-0.05, 0) is 0 Å². The van der Waals surface area contributed by atoms with Gasteiger partial charge in [-0.25, -0.2) is 0 Å². The third kappa shape index (κ3) is 7.21. The molecule has 0 spiro atoms. The molecule has 38 heavy (non-hydrogen) atoms. The van der Waals surface area contributed by atoms with E-state index in [1.165, 1.54) is 55.4 Å². The third-order valence-electron chi connectivity index (χ3n) is 7.35. The first-order valence-corrected chi connectivity index (χ1v) is 22.5. The predicted octanol–water partition coefficient (Wildman–Crippen LogP) is 9.10. The first-order valence-electron chi connectivity index (χ1n) is 14.3. The molecule has 0 fully saturated rings. The van der Waals surface area contributed by atoms with Crippen LogP contribution < -0.4 is 13.1 Å². The number of ether oxygens (including phenoxy) is 2. The van der Waals surface area contributed by atoms with Crippen molar-refractivity contribution in [3.63, 3.8) is 0 Å². The summed E-state index contributed by atoms with van der Waals surface area (Å²) < 4.78 is 34.5. The number of hydrogen-bond donors (Lipinski definition) is 0. The fourth-order valence-corrected chi connectivity index (χ4v) is 23.1. The number of hydrogen-bond acceptors (Lipinski definition) is 4. The summed E-state index contributed by atoms with van der Waals surface area (Å²) in [7, 11) is 3.33. The number of aromatic nitrogens is 2. The fraction of sp³-hybridized carbons (Fsp3) is 0.581. The minimum absolute atomic E-state index is 0.0208. The Morgan fingerprint density at radius 1 is 0.921 bits per heavy atom. The van der Waals surface area contributed by atoms with Gasteiger partial charge in [0.15, 0.2) is 0 Å². The molecular weight excluding hydrogens is 602 g/mol. The molecule has 2 aromatic heterocycles. The van der Waals surface area contributed by atoms with E-state index in [1.54, 1.807) is 32.0 Å². The van der Waals surface area contributed by atoms with Crippen molar-refractivity contribution in [1.29, 1.82) is 0 Å². The monoisotopic (exact) mass is 650 g/mol. The van der Waals surface area contributed by atoms with Crippen molar-refractivity contribution in [3.8, 4) is 22.8 Å². The summed E-state index contributed by atoms with van der Waals surface area (Å²) in [4.78, 5) is 5.74. The Balaban J connectivity index is 2.25. The number of unbranched alkanes of at least 4 members (excludes halogenated alkanes) is 3. The van der Waals surface area contributed by atoms with Gasteiger partial charge in [0.05, 0.1) is 0 Å².